The van der Waals surface area contributed by atoms with Gasteiger partial charge in [0.25, 0.3) is 10.1 Å². The van der Waals surface area contributed by atoms with Gasteiger partial charge in [0.1, 0.15) is 11.5 Å². The third-order valence-corrected chi connectivity index (χ3v) is 8.49. The predicted octanol–water partition coefficient (Wildman–Crippen LogP) is 8.43. The number of aryl methyl sites for hydroxylation is 2. The molecule has 0 aliphatic heterocycles. The van der Waals surface area contributed by atoms with Gasteiger partial charge in [-0.25, -0.2) is 0 Å². The summed E-state index contributed by atoms with van der Waals surface area (Å²) in [5.74, 6) is -1.82. The molecule has 0 heterocycles. The Kier molecular flexibility index (Phi) is 17.1. The van der Waals surface area contributed by atoms with Crippen LogP contribution >= 0.6 is 0 Å². The van der Waals surface area contributed by atoms with E-state index >= 15 is 0 Å². The number of esters is 2. The molecule has 0 fully saturated rings. The fraction of sp³-hybridized carbons (Fsp3) is 0.588. The van der Waals surface area contributed by atoms with Crippen LogP contribution in [0.15, 0.2) is 48.5 Å². The van der Waals surface area contributed by atoms with Crippen LogP contribution in [0.1, 0.15) is 121 Å². The Bertz CT molecular complexity index is 1140. The average Bonchev–Trinajstić information content (AvgIpc) is 2.96. The molecule has 2 aromatic rings. The van der Waals surface area contributed by atoms with Gasteiger partial charge in [-0.15, -0.1) is 0 Å². The standard InChI is InChI=1S/C34H50O7S/c1-3-5-7-9-11-13-15-17-28-19-23-30(24-20-28)40-33(35)27-32(42(37,38)39)34(36)41-31-25-21-29(22-26-31)18-16-14-12-10-8-6-4-2/h19-26,32H,3-18,27H2,1-2H3,(H,37,38,39). The van der Waals surface area contributed by atoms with Gasteiger partial charge in [-0.1, -0.05) is 115 Å². The highest BCUT2D eigenvalue weighted by molar-refractivity contribution is 7.87. The summed E-state index contributed by atoms with van der Waals surface area (Å²) < 4.78 is 43.9. The molecule has 0 saturated heterocycles. The van der Waals surface area contributed by atoms with E-state index in [4.69, 9.17) is 9.47 Å². The SMILES string of the molecule is CCCCCCCCCc1ccc(OC(=O)CC(C(=O)Oc2ccc(CCCCCCCCC)cc2)S(=O)(=O)O)cc1. The lowest BCUT2D eigenvalue weighted by Crippen LogP contribution is -2.36. The first-order valence-electron chi connectivity index (χ1n) is 15.8. The Labute approximate surface area is 253 Å². The summed E-state index contributed by atoms with van der Waals surface area (Å²) in [7, 11) is -4.91. The molecule has 8 heteroatoms. The van der Waals surface area contributed by atoms with Gasteiger partial charge >= 0.3 is 11.9 Å². The Hall–Kier alpha value is -2.71. The highest BCUT2D eigenvalue weighted by Gasteiger charge is 2.36. The lowest BCUT2D eigenvalue weighted by molar-refractivity contribution is -0.140. The van der Waals surface area contributed by atoms with Gasteiger partial charge in [-0.3, -0.25) is 14.1 Å². The minimum absolute atomic E-state index is 0.141. The molecule has 1 atom stereocenters. The van der Waals surface area contributed by atoms with Gasteiger partial charge in [0.15, 0.2) is 5.25 Å². The molecule has 2 rings (SSSR count). The molecule has 2 aromatic carbocycles. The molecule has 42 heavy (non-hydrogen) atoms. The number of carbonyl (C=O) groups is 2. The quantitative estimate of drug-likeness (QED) is 0.0624. The van der Waals surface area contributed by atoms with Gasteiger partial charge in [0, 0.05) is 0 Å². The van der Waals surface area contributed by atoms with Crippen LogP contribution in [-0.4, -0.2) is 30.2 Å². The van der Waals surface area contributed by atoms with Crippen molar-refractivity contribution in [1.29, 1.82) is 0 Å². The number of hydrogen-bond donors (Lipinski definition) is 1. The van der Waals surface area contributed by atoms with Crippen LogP contribution in [0, 0.1) is 0 Å². The van der Waals surface area contributed by atoms with E-state index in [1.165, 1.54) is 70.6 Å². The normalized spacial score (nSPS) is 12.2. The number of ether oxygens (including phenoxy) is 2. The van der Waals surface area contributed by atoms with Crippen molar-refractivity contribution in [2.75, 3.05) is 0 Å². The summed E-state index contributed by atoms with van der Waals surface area (Å²) in [6.07, 6.45) is 18.1. The predicted molar refractivity (Wildman–Crippen MR) is 168 cm³/mol. The first kappa shape index (κ1) is 35.5. The van der Waals surface area contributed by atoms with Crippen LogP contribution in [0.4, 0.5) is 0 Å². The molecule has 0 aliphatic rings. The molecule has 1 unspecified atom stereocenters. The first-order chi connectivity index (χ1) is 20.2. The molecule has 7 nitrogen and oxygen atoms in total. The van der Waals surface area contributed by atoms with Crippen molar-refractivity contribution < 1.29 is 32.0 Å². The van der Waals surface area contributed by atoms with E-state index in [0.717, 1.165) is 43.2 Å². The van der Waals surface area contributed by atoms with E-state index < -0.39 is 33.7 Å². The van der Waals surface area contributed by atoms with Crippen molar-refractivity contribution in [3.63, 3.8) is 0 Å². The monoisotopic (exact) mass is 602 g/mol. The second kappa shape index (κ2) is 20.2. The highest BCUT2D eigenvalue weighted by Crippen LogP contribution is 2.20. The Morgan fingerprint density at radius 3 is 1.40 bits per heavy atom. The van der Waals surface area contributed by atoms with E-state index in [1.807, 2.05) is 24.3 Å². The zero-order chi connectivity index (χ0) is 30.6. The number of carbonyl (C=O) groups excluding carboxylic acids is 2. The number of hydrogen-bond acceptors (Lipinski definition) is 6. The maximum Gasteiger partial charge on any atom is 0.332 e. The second-order valence-electron chi connectivity index (χ2n) is 11.1. The summed E-state index contributed by atoms with van der Waals surface area (Å²) >= 11 is 0. The molecule has 234 valence electrons. The Morgan fingerprint density at radius 2 is 1.00 bits per heavy atom. The van der Waals surface area contributed by atoms with E-state index in [-0.39, 0.29) is 11.5 Å². The number of unbranched alkanes of at least 4 members (excludes halogenated alkanes) is 12. The maximum atomic E-state index is 12.6. The first-order valence-corrected chi connectivity index (χ1v) is 17.3. The molecular formula is C34H50O7S. The van der Waals surface area contributed by atoms with Crippen molar-refractivity contribution in [3.8, 4) is 11.5 Å². The van der Waals surface area contributed by atoms with Gasteiger partial charge < -0.3 is 9.47 Å². The molecule has 1 N–H and O–H groups in total. The molecule has 0 aliphatic carbocycles. The van der Waals surface area contributed by atoms with Crippen molar-refractivity contribution in [2.45, 2.75) is 128 Å². The average molecular weight is 603 g/mol. The largest absolute Gasteiger partial charge is 0.426 e. The van der Waals surface area contributed by atoms with Crippen LogP contribution in [0.25, 0.3) is 0 Å². The molecule has 0 saturated carbocycles. The van der Waals surface area contributed by atoms with Gasteiger partial charge in [0.2, 0.25) is 0 Å². The van der Waals surface area contributed by atoms with Crippen LogP contribution in [-0.2, 0) is 32.5 Å². The van der Waals surface area contributed by atoms with Gasteiger partial charge in [-0.05, 0) is 61.1 Å². The summed E-state index contributed by atoms with van der Waals surface area (Å²) in [4.78, 5) is 25.1. The second-order valence-corrected chi connectivity index (χ2v) is 12.7. The zero-order valence-corrected chi connectivity index (χ0v) is 26.3. The molecule has 0 aromatic heterocycles. The van der Waals surface area contributed by atoms with E-state index in [1.54, 1.807) is 24.3 Å². The van der Waals surface area contributed by atoms with Crippen LogP contribution < -0.4 is 9.47 Å². The number of rotatable bonds is 22. The summed E-state index contributed by atoms with van der Waals surface area (Å²) in [5.41, 5.74) is 2.21. The smallest absolute Gasteiger partial charge is 0.332 e. The van der Waals surface area contributed by atoms with Crippen molar-refractivity contribution in [2.24, 2.45) is 0 Å². The Balaban J connectivity index is 1.80. The number of benzene rings is 2. The lowest BCUT2D eigenvalue weighted by Gasteiger charge is -2.13. The zero-order valence-electron chi connectivity index (χ0n) is 25.5. The van der Waals surface area contributed by atoms with E-state index in [2.05, 4.69) is 13.8 Å². The summed E-state index contributed by atoms with van der Waals surface area (Å²) in [6, 6.07) is 13.8. The molecule has 0 radical (unpaired) electrons. The van der Waals surface area contributed by atoms with E-state index in [0.29, 0.717) is 0 Å². The highest BCUT2D eigenvalue weighted by atomic mass is 32.2. The van der Waals surface area contributed by atoms with Crippen molar-refractivity contribution in [3.05, 3.63) is 59.7 Å². The summed E-state index contributed by atoms with van der Waals surface area (Å²) in [5, 5.41) is -2.09. The molecule has 0 bridgehead atoms. The lowest BCUT2D eigenvalue weighted by atomic mass is 10.0. The summed E-state index contributed by atoms with van der Waals surface area (Å²) in [6.45, 7) is 4.41. The van der Waals surface area contributed by atoms with Crippen LogP contribution in [0.2, 0.25) is 0 Å². The van der Waals surface area contributed by atoms with Crippen LogP contribution in [0.5, 0.6) is 11.5 Å². The van der Waals surface area contributed by atoms with Crippen molar-refractivity contribution in [1.82, 2.24) is 0 Å². The molecule has 0 amide bonds. The topological polar surface area (TPSA) is 107 Å². The Morgan fingerprint density at radius 1 is 0.619 bits per heavy atom. The van der Waals surface area contributed by atoms with Gasteiger partial charge in [0.05, 0.1) is 6.42 Å². The van der Waals surface area contributed by atoms with Gasteiger partial charge in [-0.2, -0.15) is 8.42 Å². The third-order valence-electron chi connectivity index (χ3n) is 7.41. The van der Waals surface area contributed by atoms with Crippen LogP contribution in [0.3, 0.4) is 0 Å². The molecule has 0 spiro atoms. The molecular weight excluding hydrogens is 552 g/mol. The fourth-order valence-electron chi connectivity index (χ4n) is 4.84. The fourth-order valence-corrected chi connectivity index (χ4v) is 5.48. The minimum Gasteiger partial charge on any atom is -0.426 e. The minimum atomic E-state index is -4.91. The van der Waals surface area contributed by atoms with E-state index in [9.17, 15) is 22.6 Å². The maximum absolute atomic E-state index is 12.6. The third kappa shape index (κ3) is 15.0. The van der Waals surface area contributed by atoms with Crippen molar-refractivity contribution >= 4 is 22.1 Å².